The van der Waals surface area contributed by atoms with Crippen LogP contribution in [0, 0.1) is 17.8 Å². The number of hydrogen-bond donors (Lipinski definition) is 2. The average molecular weight is 376 g/mol. The van der Waals surface area contributed by atoms with Crippen molar-refractivity contribution in [2.24, 2.45) is 5.92 Å². The molecule has 2 N–H and O–H groups in total. The fourth-order valence-corrected chi connectivity index (χ4v) is 3.51. The lowest BCUT2D eigenvalue weighted by Gasteiger charge is -2.27. The Bertz CT molecular complexity index is 908. The van der Waals surface area contributed by atoms with E-state index in [0.717, 1.165) is 31.2 Å². The summed E-state index contributed by atoms with van der Waals surface area (Å²) in [5.74, 6) is 6.46. The summed E-state index contributed by atoms with van der Waals surface area (Å²) in [6.45, 7) is 0. The van der Waals surface area contributed by atoms with Gasteiger partial charge in [0.25, 0.3) is 0 Å². The zero-order chi connectivity index (χ0) is 19.9. The molecule has 1 fully saturated rings. The molecule has 0 aromatic heterocycles. The molecule has 2 aromatic rings. The minimum Gasteiger partial charge on any atom is -0.504 e. The summed E-state index contributed by atoms with van der Waals surface area (Å²) < 4.78 is 4.64. The average Bonchev–Trinajstić information content (AvgIpc) is 2.73. The highest BCUT2D eigenvalue weighted by atomic mass is 16.5. The molecule has 0 saturated heterocycles. The number of benzene rings is 2. The number of allylic oxidation sites excluding steroid dienone is 1. The van der Waals surface area contributed by atoms with Crippen LogP contribution in [0.4, 0.5) is 0 Å². The van der Waals surface area contributed by atoms with Crippen LogP contribution in [0.3, 0.4) is 0 Å². The van der Waals surface area contributed by atoms with E-state index in [2.05, 4.69) is 28.7 Å². The number of carbonyl (C=O) groups is 1. The SMILES string of the molecule is COC(=O)/C=C/C1CCC(c2ccc(C#Cc3ccc(O)c(O)c3)cc2)CC1. The predicted octanol–water partition coefficient (Wildman–Crippen LogP) is 4.50. The fourth-order valence-electron chi connectivity index (χ4n) is 3.51. The molecule has 0 heterocycles. The van der Waals surface area contributed by atoms with Crippen molar-refractivity contribution in [3.63, 3.8) is 0 Å². The van der Waals surface area contributed by atoms with Crippen LogP contribution in [0.25, 0.3) is 0 Å². The lowest BCUT2D eigenvalue weighted by molar-refractivity contribution is -0.134. The van der Waals surface area contributed by atoms with Crippen molar-refractivity contribution in [2.75, 3.05) is 7.11 Å². The molecule has 0 atom stereocenters. The molecule has 0 amide bonds. The molecule has 1 aliphatic carbocycles. The van der Waals surface area contributed by atoms with E-state index in [1.807, 2.05) is 18.2 Å². The number of carbonyl (C=O) groups excluding carboxylic acids is 1. The zero-order valence-corrected chi connectivity index (χ0v) is 15.9. The highest BCUT2D eigenvalue weighted by Gasteiger charge is 2.20. The Morgan fingerprint density at radius 1 is 0.964 bits per heavy atom. The Kier molecular flexibility index (Phi) is 6.39. The van der Waals surface area contributed by atoms with E-state index in [1.54, 1.807) is 6.07 Å². The van der Waals surface area contributed by atoms with Gasteiger partial charge >= 0.3 is 5.97 Å². The van der Waals surface area contributed by atoms with Gasteiger partial charge in [0.05, 0.1) is 7.11 Å². The topological polar surface area (TPSA) is 66.8 Å². The van der Waals surface area contributed by atoms with Gasteiger partial charge in [0.1, 0.15) is 0 Å². The van der Waals surface area contributed by atoms with Gasteiger partial charge in [0.2, 0.25) is 0 Å². The number of phenols is 2. The molecule has 4 heteroatoms. The molecule has 0 unspecified atom stereocenters. The second-order valence-corrected chi connectivity index (χ2v) is 7.07. The van der Waals surface area contributed by atoms with Gasteiger partial charge in [0.15, 0.2) is 11.5 Å². The molecular weight excluding hydrogens is 352 g/mol. The summed E-state index contributed by atoms with van der Waals surface area (Å²) in [6, 6.07) is 12.9. The van der Waals surface area contributed by atoms with Gasteiger partial charge in [-0.15, -0.1) is 0 Å². The smallest absolute Gasteiger partial charge is 0.330 e. The van der Waals surface area contributed by atoms with E-state index >= 15 is 0 Å². The first-order valence-corrected chi connectivity index (χ1v) is 9.45. The van der Waals surface area contributed by atoms with Crippen molar-refractivity contribution in [3.8, 4) is 23.3 Å². The molecule has 3 rings (SSSR count). The third-order valence-corrected chi connectivity index (χ3v) is 5.19. The Hall–Kier alpha value is -3.19. The summed E-state index contributed by atoms with van der Waals surface area (Å²) in [5.41, 5.74) is 2.88. The van der Waals surface area contributed by atoms with E-state index < -0.39 is 0 Å². The van der Waals surface area contributed by atoms with Gasteiger partial charge in [-0.1, -0.05) is 30.0 Å². The maximum atomic E-state index is 11.2. The zero-order valence-electron chi connectivity index (χ0n) is 15.9. The first-order chi connectivity index (χ1) is 13.5. The third kappa shape index (κ3) is 5.17. The normalized spacial score (nSPS) is 19.0. The third-order valence-electron chi connectivity index (χ3n) is 5.19. The number of hydrogen-bond acceptors (Lipinski definition) is 4. The van der Waals surface area contributed by atoms with Crippen LogP contribution in [-0.2, 0) is 9.53 Å². The molecule has 2 aromatic carbocycles. The first kappa shape index (κ1) is 19.6. The predicted molar refractivity (Wildman–Crippen MR) is 108 cm³/mol. The van der Waals surface area contributed by atoms with Crippen molar-refractivity contribution in [3.05, 3.63) is 71.3 Å². The number of aromatic hydroxyl groups is 2. The van der Waals surface area contributed by atoms with Crippen molar-refractivity contribution < 1.29 is 19.7 Å². The van der Waals surface area contributed by atoms with E-state index in [-0.39, 0.29) is 17.5 Å². The first-order valence-electron chi connectivity index (χ1n) is 9.45. The molecule has 1 saturated carbocycles. The van der Waals surface area contributed by atoms with E-state index in [1.165, 1.54) is 30.9 Å². The van der Waals surface area contributed by atoms with Crippen molar-refractivity contribution >= 4 is 5.97 Å². The summed E-state index contributed by atoms with van der Waals surface area (Å²) in [7, 11) is 1.40. The van der Waals surface area contributed by atoms with Crippen LogP contribution >= 0.6 is 0 Å². The standard InChI is InChI=1S/C24H24O4/c1-28-24(27)15-9-18-6-12-21(13-7-18)20-10-4-17(5-11-20)2-3-19-8-14-22(25)23(26)16-19/h4-5,8-11,14-16,18,21,25-26H,6-7,12-13H2,1H3/b15-9+. The van der Waals surface area contributed by atoms with Crippen LogP contribution in [-0.4, -0.2) is 23.3 Å². The lowest BCUT2D eigenvalue weighted by Crippen LogP contribution is -2.12. The fraction of sp³-hybridized carbons (Fsp3) is 0.292. The van der Waals surface area contributed by atoms with Crippen molar-refractivity contribution in [1.82, 2.24) is 0 Å². The molecule has 144 valence electrons. The molecule has 28 heavy (non-hydrogen) atoms. The van der Waals surface area contributed by atoms with E-state index in [0.29, 0.717) is 17.4 Å². The summed E-state index contributed by atoms with van der Waals surface area (Å²) >= 11 is 0. The van der Waals surface area contributed by atoms with E-state index in [4.69, 9.17) is 0 Å². The minimum atomic E-state index is -0.290. The number of methoxy groups -OCH3 is 1. The molecule has 1 aliphatic rings. The summed E-state index contributed by atoms with van der Waals surface area (Å²) in [5, 5.41) is 18.9. The van der Waals surface area contributed by atoms with Crippen LogP contribution in [0.15, 0.2) is 54.6 Å². The van der Waals surface area contributed by atoms with Crippen molar-refractivity contribution in [2.45, 2.75) is 31.6 Å². The van der Waals surface area contributed by atoms with Crippen molar-refractivity contribution in [1.29, 1.82) is 0 Å². The van der Waals surface area contributed by atoms with Crippen LogP contribution in [0.5, 0.6) is 11.5 Å². The Morgan fingerprint density at radius 3 is 2.25 bits per heavy atom. The molecule has 0 bridgehead atoms. The van der Waals surface area contributed by atoms with Crippen LogP contribution < -0.4 is 0 Å². The molecular formula is C24H24O4. The lowest BCUT2D eigenvalue weighted by atomic mass is 9.78. The maximum absolute atomic E-state index is 11.2. The molecule has 4 nitrogen and oxygen atoms in total. The maximum Gasteiger partial charge on any atom is 0.330 e. The quantitative estimate of drug-likeness (QED) is 0.358. The van der Waals surface area contributed by atoms with E-state index in [9.17, 15) is 15.0 Å². The van der Waals surface area contributed by atoms with Gasteiger partial charge < -0.3 is 14.9 Å². The molecule has 0 spiro atoms. The summed E-state index contributed by atoms with van der Waals surface area (Å²) in [4.78, 5) is 11.2. The number of esters is 1. The van der Waals surface area contributed by atoms with Gasteiger partial charge in [0, 0.05) is 17.2 Å². The Morgan fingerprint density at radius 2 is 1.61 bits per heavy atom. The van der Waals surface area contributed by atoms with Gasteiger partial charge in [-0.2, -0.15) is 0 Å². The van der Waals surface area contributed by atoms with Gasteiger partial charge in [-0.25, -0.2) is 4.79 Å². The van der Waals surface area contributed by atoms with Crippen LogP contribution in [0.2, 0.25) is 0 Å². The second kappa shape index (κ2) is 9.14. The largest absolute Gasteiger partial charge is 0.504 e. The Labute approximate surface area is 165 Å². The van der Waals surface area contributed by atoms with Gasteiger partial charge in [-0.3, -0.25) is 0 Å². The van der Waals surface area contributed by atoms with Gasteiger partial charge in [-0.05, 0) is 73.4 Å². The highest BCUT2D eigenvalue weighted by molar-refractivity contribution is 5.81. The molecule has 0 radical (unpaired) electrons. The minimum absolute atomic E-state index is 0.148. The second-order valence-electron chi connectivity index (χ2n) is 7.07. The number of ether oxygens (including phenoxy) is 1. The summed E-state index contributed by atoms with van der Waals surface area (Å²) in [6.07, 6.45) is 7.87. The number of phenolic OH excluding ortho intramolecular Hbond substituents is 2. The Balaban J connectivity index is 1.58. The number of rotatable bonds is 3. The molecule has 0 aliphatic heterocycles. The monoisotopic (exact) mass is 376 g/mol. The van der Waals surface area contributed by atoms with Crippen LogP contribution in [0.1, 0.15) is 48.3 Å². The highest BCUT2D eigenvalue weighted by Crippen LogP contribution is 2.36.